The van der Waals surface area contributed by atoms with E-state index in [1.807, 2.05) is 23.9 Å². The van der Waals surface area contributed by atoms with Gasteiger partial charge < -0.3 is 21.3 Å². The minimum absolute atomic E-state index is 0.427. The van der Waals surface area contributed by atoms with Gasteiger partial charge in [0.2, 0.25) is 0 Å². The normalized spacial score (nSPS) is 13.0. The predicted octanol–water partition coefficient (Wildman–Crippen LogP) is 11.0. The molecule has 0 radical (unpaired) electrons. The van der Waals surface area contributed by atoms with Crippen molar-refractivity contribution in [1.82, 2.24) is 30.7 Å². The van der Waals surface area contributed by atoms with Gasteiger partial charge in [0.1, 0.15) is 0 Å². The van der Waals surface area contributed by atoms with Crippen molar-refractivity contribution in [3.63, 3.8) is 0 Å². The van der Waals surface area contributed by atoms with Crippen molar-refractivity contribution in [2.24, 2.45) is 21.7 Å². The zero-order valence-corrected chi connectivity index (χ0v) is 38.7. The van der Waals surface area contributed by atoms with Crippen LogP contribution >= 0.6 is 23.9 Å². The molecule has 6 N–H and O–H groups in total. The van der Waals surface area contributed by atoms with E-state index >= 15 is 0 Å². The average Bonchev–Trinajstić information content (AvgIpc) is 3.05. The second-order valence-electron chi connectivity index (χ2n) is 19.0. The van der Waals surface area contributed by atoms with Crippen molar-refractivity contribution in [3.05, 3.63) is 0 Å². The lowest BCUT2D eigenvalue weighted by molar-refractivity contribution is 0.167. The largest absolute Gasteiger partial charge is 0.317 e. The SMILES string of the molecule is CCCCCC(C)(C)CC(C)(C)CCCSNCCCNCCCNCCCCNCCCNCCCNSCCC(C)(C)CC(C)(C)CCCC. The van der Waals surface area contributed by atoms with Gasteiger partial charge in [-0.15, -0.1) is 0 Å². The van der Waals surface area contributed by atoms with Crippen LogP contribution in [0.1, 0.15) is 185 Å². The molecule has 0 saturated carbocycles. The molecule has 52 heavy (non-hydrogen) atoms. The summed E-state index contributed by atoms with van der Waals surface area (Å²) in [7, 11) is 0. The highest BCUT2D eigenvalue weighted by molar-refractivity contribution is 7.97. The third-order valence-electron chi connectivity index (χ3n) is 10.4. The minimum Gasteiger partial charge on any atom is -0.317 e. The van der Waals surface area contributed by atoms with E-state index in [-0.39, 0.29) is 0 Å². The Bertz CT molecular complexity index is 761. The molecule has 0 unspecified atom stereocenters. The molecule has 0 rings (SSSR count). The first-order valence-electron chi connectivity index (χ1n) is 22.3. The number of unbranched alkanes of at least 4 members (excludes halogenated alkanes) is 4. The molecule has 0 amide bonds. The van der Waals surface area contributed by atoms with Gasteiger partial charge in [-0.25, -0.2) is 0 Å². The first-order chi connectivity index (χ1) is 24.7. The Morgan fingerprint density at radius 1 is 0.327 bits per heavy atom. The van der Waals surface area contributed by atoms with E-state index in [4.69, 9.17) is 0 Å². The molecule has 0 aliphatic carbocycles. The van der Waals surface area contributed by atoms with E-state index in [2.05, 4.69) is 99.9 Å². The summed E-state index contributed by atoms with van der Waals surface area (Å²) in [6, 6.07) is 0. The zero-order valence-electron chi connectivity index (χ0n) is 37.0. The molecule has 0 bridgehead atoms. The monoisotopic (exact) mass is 773 g/mol. The van der Waals surface area contributed by atoms with Gasteiger partial charge in [0, 0.05) is 24.6 Å². The first kappa shape index (κ1) is 52.5. The summed E-state index contributed by atoms with van der Waals surface area (Å²) in [6.07, 6.45) is 23.4. The van der Waals surface area contributed by atoms with E-state index in [1.165, 1.54) is 127 Å². The zero-order chi connectivity index (χ0) is 38.9. The van der Waals surface area contributed by atoms with Crippen LogP contribution in [-0.2, 0) is 0 Å². The molecule has 8 heteroatoms. The Hall–Kier alpha value is 0.460. The van der Waals surface area contributed by atoms with E-state index in [1.54, 1.807) is 0 Å². The van der Waals surface area contributed by atoms with Gasteiger partial charge in [0.25, 0.3) is 0 Å². The summed E-state index contributed by atoms with van der Waals surface area (Å²) in [5.41, 5.74) is 1.82. The minimum atomic E-state index is 0.427. The highest BCUT2D eigenvalue weighted by atomic mass is 32.2. The molecule has 314 valence electrons. The second kappa shape index (κ2) is 33.6. The fraction of sp³-hybridized carbons (Fsp3) is 1.00. The van der Waals surface area contributed by atoms with E-state index in [0.717, 1.165) is 65.4 Å². The smallest absolute Gasteiger partial charge is 0.00837 e. The van der Waals surface area contributed by atoms with Crippen LogP contribution in [0.5, 0.6) is 0 Å². The van der Waals surface area contributed by atoms with Crippen molar-refractivity contribution in [2.45, 2.75) is 185 Å². The molecule has 0 aromatic rings. The highest BCUT2D eigenvalue weighted by Crippen LogP contribution is 2.41. The van der Waals surface area contributed by atoms with Crippen LogP contribution in [0.15, 0.2) is 0 Å². The van der Waals surface area contributed by atoms with Crippen LogP contribution in [0, 0.1) is 21.7 Å². The maximum Gasteiger partial charge on any atom is 0.00837 e. The Morgan fingerprint density at radius 3 is 1.12 bits per heavy atom. The summed E-state index contributed by atoms with van der Waals surface area (Å²) in [6.45, 7) is 35.5. The van der Waals surface area contributed by atoms with Crippen LogP contribution in [0.2, 0.25) is 0 Å². The van der Waals surface area contributed by atoms with Crippen molar-refractivity contribution in [3.8, 4) is 0 Å². The Morgan fingerprint density at radius 2 is 0.673 bits per heavy atom. The van der Waals surface area contributed by atoms with Crippen LogP contribution in [-0.4, -0.2) is 77.0 Å². The molecular formula is C44H96N6S2. The third-order valence-corrected chi connectivity index (χ3v) is 12.1. The van der Waals surface area contributed by atoms with Crippen molar-refractivity contribution in [1.29, 1.82) is 0 Å². The molecular weight excluding hydrogens is 677 g/mol. The Balaban J connectivity index is 3.36. The van der Waals surface area contributed by atoms with Gasteiger partial charge in [0.05, 0.1) is 0 Å². The van der Waals surface area contributed by atoms with Crippen molar-refractivity contribution >= 4 is 23.9 Å². The average molecular weight is 773 g/mol. The number of hydrogen-bond acceptors (Lipinski definition) is 8. The summed E-state index contributed by atoms with van der Waals surface area (Å²) in [4.78, 5) is 0. The molecule has 0 aromatic carbocycles. The number of rotatable bonds is 41. The molecule has 0 aromatic heterocycles. The third kappa shape index (κ3) is 37.4. The Kier molecular flexibility index (Phi) is 33.9. The van der Waals surface area contributed by atoms with Gasteiger partial charge >= 0.3 is 0 Å². The van der Waals surface area contributed by atoms with E-state index in [9.17, 15) is 0 Å². The van der Waals surface area contributed by atoms with Gasteiger partial charge in [-0.3, -0.25) is 9.44 Å². The number of nitrogens with one attached hydrogen (secondary N) is 6. The molecule has 0 atom stereocenters. The fourth-order valence-corrected chi connectivity index (χ4v) is 9.75. The van der Waals surface area contributed by atoms with Crippen LogP contribution in [0.3, 0.4) is 0 Å². The quantitative estimate of drug-likeness (QED) is 0.0271. The van der Waals surface area contributed by atoms with Crippen LogP contribution in [0.25, 0.3) is 0 Å². The summed E-state index contributed by atoms with van der Waals surface area (Å²) in [5, 5.41) is 14.5. The molecule has 0 aliphatic heterocycles. The summed E-state index contributed by atoms with van der Waals surface area (Å²) < 4.78 is 7.17. The van der Waals surface area contributed by atoms with Gasteiger partial charge in [-0.1, -0.05) is 125 Å². The summed E-state index contributed by atoms with van der Waals surface area (Å²) >= 11 is 3.85. The Labute approximate surface area is 336 Å². The predicted molar refractivity (Wildman–Crippen MR) is 242 cm³/mol. The van der Waals surface area contributed by atoms with Crippen molar-refractivity contribution in [2.75, 3.05) is 77.0 Å². The standard InChI is InChI=1S/C44H96N6S2/c1-11-13-15-24-42(5,6)39-43(7,8)25-18-37-51-49-35-21-33-47-31-19-29-45-27-16-17-28-46-30-20-32-48-34-22-36-50-52-38-26-44(9,10)40-41(3,4)23-14-12-2/h45-50H,11-40H2,1-10H3. The lowest BCUT2D eigenvalue weighted by Crippen LogP contribution is -2.26. The molecule has 0 spiro atoms. The maximum absolute atomic E-state index is 3.62. The number of hydrogen-bond donors (Lipinski definition) is 6. The van der Waals surface area contributed by atoms with Gasteiger partial charge in [0.15, 0.2) is 0 Å². The lowest BCUT2D eigenvalue weighted by Gasteiger charge is -2.35. The van der Waals surface area contributed by atoms with Crippen molar-refractivity contribution < 1.29 is 0 Å². The topological polar surface area (TPSA) is 72.2 Å². The lowest BCUT2D eigenvalue weighted by atomic mass is 9.71. The molecule has 6 nitrogen and oxygen atoms in total. The second-order valence-corrected chi connectivity index (χ2v) is 21.0. The highest BCUT2D eigenvalue weighted by Gasteiger charge is 2.29. The van der Waals surface area contributed by atoms with Gasteiger partial charge in [-0.2, -0.15) is 0 Å². The molecule has 0 saturated heterocycles. The van der Waals surface area contributed by atoms with E-state index in [0.29, 0.717) is 21.7 Å². The first-order valence-corrected chi connectivity index (χ1v) is 24.2. The molecule has 0 aliphatic rings. The molecule has 0 heterocycles. The fourth-order valence-electron chi connectivity index (χ4n) is 7.94. The summed E-state index contributed by atoms with van der Waals surface area (Å²) in [5.74, 6) is 2.43. The maximum atomic E-state index is 3.62. The van der Waals surface area contributed by atoms with E-state index < -0.39 is 0 Å². The van der Waals surface area contributed by atoms with Crippen LogP contribution < -0.4 is 30.7 Å². The molecule has 0 fully saturated rings. The van der Waals surface area contributed by atoms with Gasteiger partial charge in [-0.05, 0) is 157 Å². The van der Waals surface area contributed by atoms with Crippen LogP contribution in [0.4, 0.5) is 0 Å².